The van der Waals surface area contributed by atoms with Crippen LogP contribution in [0.2, 0.25) is 0 Å². The van der Waals surface area contributed by atoms with Crippen molar-refractivity contribution in [3.63, 3.8) is 0 Å². The molecule has 2 N–H and O–H groups in total. The van der Waals surface area contributed by atoms with E-state index in [0.717, 1.165) is 0 Å². The number of Topliss-reactive ketones (excluding diaryl/α,β-unsaturated/α-hetero) is 1. The molecule has 128 valence electrons. The summed E-state index contributed by atoms with van der Waals surface area (Å²) in [6.45, 7) is 12.4. The van der Waals surface area contributed by atoms with Crippen LogP contribution in [0.3, 0.4) is 0 Å². The van der Waals surface area contributed by atoms with Crippen LogP contribution in [0.4, 0.5) is 4.79 Å². The number of carbonyl (C=O) groups is 2. The molecule has 4 heteroatoms. The van der Waals surface area contributed by atoms with Crippen molar-refractivity contribution in [2.75, 3.05) is 6.54 Å². The van der Waals surface area contributed by atoms with E-state index in [9.17, 15) is 9.59 Å². The van der Waals surface area contributed by atoms with E-state index in [1.165, 1.54) is 32.1 Å². The van der Waals surface area contributed by atoms with E-state index in [1.807, 2.05) is 41.5 Å². The van der Waals surface area contributed by atoms with Crippen molar-refractivity contribution in [3.05, 3.63) is 0 Å². The van der Waals surface area contributed by atoms with Gasteiger partial charge in [-0.3, -0.25) is 4.79 Å². The number of amides is 2. The van der Waals surface area contributed by atoms with Gasteiger partial charge in [0.2, 0.25) is 0 Å². The van der Waals surface area contributed by atoms with Crippen molar-refractivity contribution in [2.45, 2.75) is 79.7 Å². The van der Waals surface area contributed by atoms with Crippen LogP contribution in [0, 0.1) is 16.7 Å². The highest BCUT2D eigenvalue weighted by Gasteiger charge is 2.38. The van der Waals surface area contributed by atoms with Gasteiger partial charge in [0.05, 0.1) is 6.04 Å². The van der Waals surface area contributed by atoms with Crippen molar-refractivity contribution in [3.8, 4) is 0 Å². The van der Waals surface area contributed by atoms with Gasteiger partial charge in [0.25, 0.3) is 0 Å². The topological polar surface area (TPSA) is 58.2 Å². The lowest BCUT2D eigenvalue weighted by Gasteiger charge is -2.34. The second kappa shape index (κ2) is 7.47. The van der Waals surface area contributed by atoms with Crippen molar-refractivity contribution >= 4 is 11.8 Å². The fourth-order valence-corrected chi connectivity index (χ4v) is 2.92. The van der Waals surface area contributed by atoms with Crippen LogP contribution in [0.1, 0.15) is 73.6 Å². The Kier molecular flexibility index (Phi) is 6.45. The number of urea groups is 1. The molecule has 0 bridgehead atoms. The molecular weight excluding hydrogens is 276 g/mol. The number of hydrogen-bond acceptors (Lipinski definition) is 2. The zero-order valence-corrected chi connectivity index (χ0v) is 15.2. The number of nitrogens with one attached hydrogen (secondary N) is 2. The lowest BCUT2D eigenvalue weighted by atomic mass is 9.76. The summed E-state index contributed by atoms with van der Waals surface area (Å²) in [7, 11) is 0. The monoisotopic (exact) mass is 310 g/mol. The molecule has 0 aromatic rings. The Morgan fingerprint density at radius 2 is 1.55 bits per heavy atom. The fraction of sp³-hybridized carbons (Fsp3) is 0.889. The van der Waals surface area contributed by atoms with Gasteiger partial charge in [0.15, 0.2) is 5.78 Å². The SMILES string of the molecule is CC(C)(C)C(=O)C(NC(=O)NCC1CCCCC1)C(C)(C)C. The average Bonchev–Trinajstić information content (AvgIpc) is 2.40. The Morgan fingerprint density at radius 3 is 2.00 bits per heavy atom. The summed E-state index contributed by atoms with van der Waals surface area (Å²) in [5, 5.41) is 5.86. The summed E-state index contributed by atoms with van der Waals surface area (Å²) in [4.78, 5) is 24.8. The highest BCUT2D eigenvalue weighted by molar-refractivity contribution is 5.92. The van der Waals surface area contributed by atoms with E-state index in [1.54, 1.807) is 0 Å². The maximum absolute atomic E-state index is 12.6. The minimum absolute atomic E-state index is 0.0767. The second-order valence-electron chi connectivity index (χ2n) is 8.77. The number of ketones is 1. The molecule has 22 heavy (non-hydrogen) atoms. The summed E-state index contributed by atoms with van der Waals surface area (Å²) in [6.07, 6.45) is 6.24. The fourth-order valence-electron chi connectivity index (χ4n) is 2.92. The molecule has 0 spiro atoms. The molecule has 1 unspecified atom stereocenters. The Bertz CT molecular complexity index is 385. The van der Waals surface area contributed by atoms with E-state index in [2.05, 4.69) is 10.6 Å². The van der Waals surface area contributed by atoms with Crippen LogP contribution < -0.4 is 10.6 Å². The molecule has 2 amide bonds. The quantitative estimate of drug-likeness (QED) is 0.827. The number of rotatable bonds is 4. The second-order valence-corrected chi connectivity index (χ2v) is 8.77. The maximum atomic E-state index is 12.6. The summed E-state index contributed by atoms with van der Waals surface area (Å²) < 4.78 is 0. The summed E-state index contributed by atoms with van der Waals surface area (Å²) in [5.74, 6) is 0.665. The van der Waals surface area contributed by atoms with E-state index in [0.29, 0.717) is 12.5 Å². The van der Waals surface area contributed by atoms with Gasteiger partial charge in [-0.2, -0.15) is 0 Å². The molecule has 1 aliphatic carbocycles. The molecule has 4 nitrogen and oxygen atoms in total. The first kappa shape index (κ1) is 19.0. The third-order valence-corrected chi connectivity index (χ3v) is 4.42. The third kappa shape index (κ3) is 5.98. The molecule has 1 fully saturated rings. The molecule has 0 aromatic carbocycles. The first-order valence-corrected chi connectivity index (χ1v) is 8.60. The van der Waals surface area contributed by atoms with Gasteiger partial charge < -0.3 is 10.6 Å². The van der Waals surface area contributed by atoms with E-state index >= 15 is 0 Å². The molecule has 0 radical (unpaired) electrons. The van der Waals surface area contributed by atoms with Crippen molar-refractivity contribution in [2.24, 2.45) is 16.7 Å². The van der Waals surface area contributed by atoms with Crippen LogP contribution >= 0.6 is 0 Å². The lowest BCUT2D eigenvalue weighted by Crippen LogP contribution is -2.55. The van der Waals surface area contributed by atoms with E-state index in [4.69, 9.17) is 0 Å². The molecule has 0 aliphatic heterocycles. The molecule has 1 aliphatic rings. The van der Waals surface area contributed by atoms with Gasteiger partial charge in [0.1, 0.15) is 0 Å². The molecular formula is C18H34N2O2. The van der Waals surface area contributed by atoms with Crippen molar-refractivity contribution in [1.29, 1.82) is 0 Å². The zero-order chi connectivity index (χ0) is 17.0. The summed E-state index contributed by atoms with van der Waals surface area (Å²) >= 11 is 0. The lowest BCUT2D eigenvalue weighted by molar-refractivity contribution is -0.130. The normalized spacial score (nSPS) is 18.6. The van der Waals surface area contributed by atoms with Gasteiger partial charge >= 0.3 is 6.03 Å². The maximum Gasteiger partial charge on any atom is 0.315 e. The van der Waals surface area contributed by atoms with Gasteiger partial charge in [0, 0.05) is 12.0 Å². The minimum Gasteiger partial charge on any atom is -0.338 e. The van der Waals surface area contributed by atoms with Crippen molar-refractivity contribution < 1.29 is 9.59 Å². The predicted molar refractivity (Wildman–Crippen MR) is 90.8 cm³/mol. The van der Waals surface area contributed by atoms with Crippen LogP contribution in [-0.2, 0) is 4.79 Å². The molecule has 1 saturated carbocycles. The Hall–Kier alpha value is -1.06. The standard InChI is InChI=1S/C18H34N2O2/c1-17(2,3)14(15(21)18(4,5)6)20-16(22)19-12-13-10-8-7-9-11-13/h13-14H,7-12H2,1-6H3,(H2,19,20,22). The molecule has 0 saturated heterocycles. The van der Waals surface area contributed by atoms with Gasteiger partial charge in [-0.05, 0) is 24.2 Å². The number of carbonyl (C=O) groups excluding carboxylic acids is 2. The Balaban J connectivity index is 2.58. The van der Waals surface area contributed by atoms with E-state index in [-0.39, 0.29) is 17.2 Å². The number of hydrogen-bond donors (Lipinski definition) is 2. The van der Waals surface area contributed by atoms with Gasteiger partial charge in [-0.15, -0.1) is 0 Å². The highest BCUT2D eigenvalue weighted by atomic mass is 16.2. The van der Waals surface area contributed by atoms with Crippen LogP contribution in [0.15, 0.2) is 0 Å². The zero-order valence-electron chi connectivity index (χ0n) is 15.2. The van der Waals surface area contributed by atoms with Gasteiger partial charge in [-0.25, -0.2) is 4.79 Å². The predicted octanol–water partition coefficient (Wildman–Crippen LogP) is 3.90. The van der Waals surface area contributed by atoms with Crippen LogP contribution in [0.5, 0.6) is 0 Å². The average molecular weight is 310 g/mol. The molecule has 0 aromatic heterocycles. The third-order valence-electron chi connectivity index (χ3n) is 4.42. The Labute approximate surface area is 135 Å². The minimum atomic E-state index is -0.473. The summed E-state index contributed by atoms with van der Waals surface area (Å²) in [6, 6.07) is -0.693. The molecule has 1 atom stereocenters. The van der Waals surface area contributed by atoms with Gasteiger partial charge in [-0.1, -0.05) is 60.8 Å². The molecule has 0 heterocycles. The van der Waals surface area contributed by atoms with E-state index < -0.39 is 11.5 Å². The van der Waals surface area contributed by atoms with Crippen LogP contribution in [0.25, 0.3) is 0 Å². The Morgan fingerprint density at radius 1 is 1.00 bits per heavy atom. The first-order valence-electron chi connectivity index (χ1n) is 8.60. The van der Waals surface area contributed by atoms with Crippen molar-refractivity contribution in [1.82, 2.24) is 10.6 Å². The highest BCUT2D eigenvalue weighted by Crippen LogP contribution is 2.27. The summed E-state index contributed by atoms with van der Waals surface area (Å²) in [5.41, 5.74) is -0.763. The smallest absolute Gasteiger partial charge is 0.315 e. The van der Waals surface area contributed by atoms with Crippen LogP contribution in [-0.4, -0.2) is 24.4 Å². The molecule has 1 rings (SSSR count). The first-order chi connectivity index (χ1) is 10.0. The largest absolute Gasteiger partial charge is 0.338 e.